The van der Waals surface area contributed by atoms with Crippen molar-refractivity contribution in [1.82, 2.24) is 5.32 Å². The van der Waals surface area contributed by atoms with Crippen LogP contribution in [0.2, 0.25) is 0 Å². The van der Waals surface area contributed by atoms with Crippen LogP contribution in [0.1, 0.15) is 25.3 Å². The molecule has 2 atom stereocenters. The van der Waals surface area contributed by atoms with Crippen molar-refractivity contribution >= 4 is 0 Å². The van der Waals surface area contributed by atoms with Crippen LogP contribution in [0.4, 0.5) is 0 Å². The van der Waals surface area contributed by atoms with E-state index in [1.807, 2.05) is 13.1 Å². The average molecular weight is 231 g/mol. The third-order valence-corrected chi connectivity index (χ3v) is 3.37. The Hall–Kier alpha value is -1.28. The highest BCUT2D eigenvalue weighted by Gasteiger charge is 2.28. The zero-order chi connectivity index (χ0) is 12.3. The first-order valence-electron chi connectivity index (χ1n) is 6.27. The molecule has 2 unspecified atom stereocenters. The summed E-state index contributed by atoms with van der Waals surface area (Å²) in [7, 11) is 2.01. The molecular formula is C15H21NO. The number of likely N-dealkylation sites (N-methyl/N-ethyl adjacent to an activating group) is 1. The molecule has 2 heteroatoms. The zero-order valence-electron chi connectivity index (χ0n) is 10.7. The number of rotatable bonds is 5. The second-order valence-corrected chi connectivity index (χ2v) is 4.86. The molecule has 0 saturated heterocycles. The number of allylic oxidation sites excluding steroid dienone is 1. The van der Waals surface area contributed by atoms with Gasteiger partial charge in [0.1, 0.15) is 11.9 Å². The van der Waals surface area contributed by atoms with E-state index >= 15 is 0 Å². The van der Waals surface area contributed by atoms with E-state index < -0.39 is 0 Å². The van der Waals surface area contributed by atoms with Gasteiger partial charge < -0.3 is 10.1 Å². The molecule has 0 amide bonds. The second-order valence-electron chi connectivity index (χ2n) is 4.86. The number of hydrogen-bond acceptors (Lipinski definition) is 2. The molecule has 0 spiro atoms. The first-order chi connectivity index (χ1) is 8.20. The quantitative estimate of drug-likeness (QED) is 0.787. The lowest BCUT2D eigenvalue weighted by Crippen LogP contribution is -2.40. The van der Waals surface area contributed by atoms with Crippen LogP contribution in [0, 0.1) is 0 Å². The summed E-state index contributed by atoms with van der Waals surface area (Å²) in [6, 6.07) is 8.72. The van der Waals surface area contributed by atoms with Gasteiger partial charge in [-0.2, -0.15) is 0 Å². The Balaban J connectivity index is 1.97. The maximum Gasteiger partial charge on any atom is 0.123 e. The Morgan fingerprint density at radius 3 is 2.94 bits per heavy atom. The van der Waals surface area contributed by atoms with E-state index in [0.29, 0.717) is 6.04 Å². The van der Waals surface area contributed by atoms with Crippen molar-refractivity contribution in [1.29, 1.82) is 0 Å². The van der Waals surface area contributed by atoms with E-state index in [9.17, 15) is 0 Å². The standard InChI is InChI=1S/C15H21NO/c1-11(2)8-9-13(16-3)15-10-12-6-4-5-7-14(12)17-15/h4-7,13,15-16H,1,8-10H2,2-3H3. The molecule has 17 heavy (non-hydrogen) atoms. The van der Waals surface area contributed by atoms with E-state index in [1.54, 1.807) is 0 Å². The van der Waals surface area contributed by atoms with Crippen LogP contribution in [0.15, 0.2) is 36.4 Å². The van der Waals surface area contributed by atoms with Crippen molar-refractivity contribution < 1.29 is 4.74 Å². The van der Waals surface area contributed by atoms with E-state index in [4.69, 9.17) is 4.74 Å². The van der Waals surface area contributed by atoms with Crippen molar-refractivity contribution in [2.45, 2.75) is 38.3 Å². The van der Waals surface area contributed by atoms with Crippen molar-refractivity contribution in [2.24, 2.45) is 0 Å². The van der Waals surface area contributed by atoms with Crippen LogP contribution in [0.5, 0.6) is 5.75 Å². The van der Waals surface area contributed by atoms with Gasteiger partial charge in [-0.05, 0) is 38.4 Å². The molecule has 2 rings (SSSR count). The lowest BCUT2D eigenvalue weighted by atomic mass is 9.99. The van der Waals surface area contributed by atoms with Gasteiger partial charge in [-0.3, -0.25) is 0 Å². The SMILES string of the molecule is C=C(C)CCC(NC)C1Cc2ccccc2O1. The fourth-order valence-electron chi connectivity index (χ4n) is 2.35. The first kappa shape index (κ1) is 12.2. The Morgan fingerprint density at radius 2 is 2.29 bits per heavy atom. The normalized spacial score (nSPS) is 19.5. The molecule has 1 N–H and O–H groups in total. The number of nitrogens with one attached hydrogen (secondary N) is 1. The lowest BCUT2D eigenvalue weighted by Gasteiger charge is -2.22. The summed E-state index contributed by atoms with van der Waals surface area (Å²) >= 11 is 0. The Morgan fingerprint density at radius 1 is 1.53 bits per heavy atom. The Labute approximate surface area is 104 Å². The van der Waals surface area contributed by atoms with Gasteiger partial charge in [0, 0.05) is 12.5 Å². The smallest absolute Gasteiger partial charge is 0.123 e. The van der Waals surface area contributed by atoms with Gasteiger partial charge in [0.15, 0.2) is 0 Å². The molecule has 0 fully saturated rings. The molecule has 1 aromatic carbocycles. The van der Waals surface area contributed by atoms with Gasteiger partial charge in [0.25, 0.3) is 0 Å². The fourth-order valence-corrected chi connectivity index (χ4v) is 2.35. The minimum atomic E-state index is 0.261. The summed E-state index contributed by atoms with van der Waals surface area (Å²) in [5.74, 6) is 1.05. The van der Waals surface area contributed by atoms with E-state index in [-0.39, 0.29) is 6.10 Å². The van der Waals surface area contributed by atoms with Gasteiger partial charge in [-0.25, -0.2) is 0 Å². The Kier molecular flexibility index (Phi) is 3.85. The highest BCUT2D eigenvalue weighted by atomic mass is 16.5. The highest BCUT2D eigenvalue weighted by Crippen LogP contribution is 2.30. The molecule has 1 aliphatic heterocycles. The summed E-state index contributed by atoms with van der Waals surface area (Å²) in [5.41, 5.74) is 2.56. The lowest BCUT2D eigenvalue weighted by molar-refractivity contribution is 0.177. The number of hydrogen-bond donors (Lipinski definition) is 1. The summed E-state index contributed by atoms with van der Waals surface area (Å²) in [6.07, 6.45) is 3.42. The highest BCUT2D eigenvalue weighted by molar-refractivity contribution is 5.37. The van der Waals surface area contributed by atoms with Crippen molar-refractivity contribution in [3.8, 4) is 5.75 Å². The van der Waals surface area contributed by atoms with Gasteiger partial charge in [-0.1, -0.05) is 23.8 Å². The predicted octanol–water partition coefficient (Wildman–Crippen LogP) is 2.93. The minimum Gasteiger partial charge on any atom is -0.488 e. The number of fused-ring (bicyclic) bond motifs is 1. The Bertz CT molecular complexity index is 375. The summed E-state index contributed by atoms with van der Waals surface area (Å²) in [5, 5.41) is 3.37. The van der Waals surface area contributed by atoms with Crippen LogP contribution < -0.4 is 10.1 Å². The topological polar surface area (TPSA) is 21.3 Å². The molecule has 2 nitrogen and oxygen atoms in total. The van der Waals surface area contributed by atoms with Gasteiger partial charge in [0.2, 0.25) is 0 Å². The number of ether oxygens (including phenoxy) is 1. The van der Waals surface area contributed by atoms with Crippen LogP contribution in [-0.2, 0) is 6.42 Å². The third kappa shape index (κ3) is 2.89. The molecule has 0 radical (unpaired) electrons. The minimum absolute atomic E-state index is 0.261. The molecule has 1 heterocycles. The van der Waals surface area contributed by atoms with E-state index in [1.165, 1.54) is 11.1 Å². The maximum atomic E-state index is 6.00. The monoisotopic (exact) mass is 231 g/mol. The van der Waals surface area contributed by atoms with Gasteiger partial charge in [-0.15, -0.1) is 6.58 Å². The van der Waals surface area contributed by atoms with E-state index in [2.05, 4.69) is 37.0 Å². The summed E-state index contributed by atoms with van der Waals surface area (Å²) in [6.45, 7) is 6.04. The molecular weight excluding hydrogens is 210 g/mol. The molecule has 0 aromatic heterocycles. The van der Waals surface area contributed by atoms with Crippen LogP contribution in [0.25, 0.3) is 0 Å². The second kappa shape index (κ2) is 5.37. The third-order valence-electron chi connectivity index (χ3n) is 3.37. The first-order valence-corrected chi connectivity index (χ1v) is 6.27. The molecule has 92 valence electrons. The largest absolute Gasteiger partial charge is 0.488 e. The van der Waals surface area contributed by atoms with Crippen molar-refractivity contribution in [3.05, 3.63) is 42.0 Å². The summed E-state index contributed by atoms with van der Waals surface area (Å²) < 4.78 is 6.00. The van der Waals surface area contributed by atoms with Crippen LogP contribution in [0.3, 0.4) is 0 Å². The van der Waals surface area contributed by atoms with Crippen LogP contribution in [-0.4, -0.2) is 19.2 Å². The molecule has 0 saturated carbocycles. The van der Waals surface area contributed by atoms with Gasteiger partial charge >= 0.3 is 0 Å². The maximum absolute atomic E-state index is 6.00. The fraction of sp³-hybridized carbons (Fsp3) is 0.467. The molecule has 0 bridgehead atoms. The summed E-state index contributed by atoms with van der Waals surface area (Å²) in [4.78, 5) is 0. The van der Waals surface area contributed by atoms with E-state index in [0.717, 1.165) is 25.0 Å². The zero-order valence-corrected chi connectivity index (χ0v) is 10.7. The van der Waals surface area contributed by atoms with Crippen molar-refractivity contribution in [3.63, 3.8) is 0 Å². The van der Waals surface area contributed by atoms with Crippen LogP contribution >= 0.6 is 0 Å². The molecule has 1 aromatic rings. The molecule has 1 aliphatic rings. The van der Waals surface area contributed by atoms with Crippen molar-refractivity contribution in [2.75, 3.05) is 7.05 Å². The average Bonchev–Trinajstić information content (AvgIpc) is 2.72. The number of benzene rings is 1. The van der Waals surface area contributed by atoms with Gasteiger partial charge in [0.05, 0.1) is 0 Å². The predicted molar refractivity (Wildman–Crippen MR) is 71.5 cm³/mol. The molecule has 0 aliphatic carbocycles. The number of para-hydroxylation sites is 1.